The van der Waals surface area contributed by atoms with Crippen LogP contribution in [0.2, 0.25) is 0 Å². The average molecular weight is 262 g/mol. The molecular weight excluding hydrogens is 244 g/mol. The van der Waals surface area contributed by atoms with E-state index < -0.39 is 5.97 Å². The predicted octanol–water partition coefficient (Wildman–Crippen LogP) is 2.68. The lowest BCUT2D eigenvalue weighted by atomic mass is 10.1. The van der Waals surface area contributed by atoms with Crippen molar-refractivity contribution >= 4 is 22.8 Å². The maximum Gasteiger partial charge on any atom is 0.308 e. The molecule has 0 amide bonds. The molecule has 1 heterocycles. The van der Waals surface area contributed by atoms with Gasteiger partial charge in [0.05, 0.1) is 5.92 Å². The first kappa shape index (κ1) is 13.4. The number of hydrogen-bond donors (Lipinski definition) is 1. The zero-order valence-corrected chi connectivity index (χ0v) is 11.4. The van der Waals surface area contributed by atoms with E-state index in [4.69, 9.17) is 9.52 Å². The fraction of sp³-hybridized carbons (Fsp3) is 0.429. The number of nitrogens with zero attached hydrogens (tertiary/aromatic N) is 2. The number of hydrogen-bond acceptors (Lipinski definition) is 4. The Labute approximate surface area is 111 Å². The van der Waals surface area contributed by atoms with E-state index in [2.05, 4.69) is 4.98 Å². The highest BCUT2D eigenvalue weighted by Gasteiger charge is 2.18. The number of rotatable bonds is 5. The number of aryl methyl sites for hydroxylation is 1. The van der Waals surface area contributed by atoms with E-state index >= 15 is 0 Å². The number of carbonyl (C=O) groups is 1. The van der Waals surface area contributed by atoms with E-state index in [1.165, 1.54) is 0 Å². The minimum atomic E-state index is -0.758. The maximum absolute atomic E-state index is 11.1. The molecule has 0 radical (unpaired) electrons. The normalized spacial score (nSPS) is 12.6. The van der Waals surface area contributed by atoms with Crippen molar-refractivity contribution in [3.63, 3.8) is 0 Å². The Balaban J connectivity index is 2.20. The summed E-state index contributed by atoms with van der Waals surface area (Å²) in [4.78, 5) is 17.2. The van der Waals surface area contributed by atoms with Crippen LogP contribution in [0.1, 0.15) is 19.2 Å². The number of aliphatic carboxylic acids is 1. The fourth-order valence-corrected chi connectivity index (χ4v) is 2.08. The molecule has 1 unspecified atom stereocenters. The van der Waals surface area contributed by atoms with Crippen LogP contribution in [0, 0.1) is 12.8 Å². The van der Waals surface area contributed by atoms with E-state index in [-0.39, 0.29) is 5.92 Å². The summed E-state index contributed by atoms with van der Waals surface area (Å²) >= 11 is 0. The van der Waals surface area contributed by atoms with Crippen molar-refractivity contribution in [3.05, 3.63) is 24.1 Å². The summed E-state index contributed by atoms with van der Waals surface area (Å²) in [5.41, 5.74) is 2.48. The van der Waals surface area contributed by atoms with Gasteiger partial charge in [0.1, 0.15) is 5.52 Å². The summed E-state index contributed by atoms with van der Waals surface area (Å²) in [6.45, 7) is 4.17. The van der Waals surface area contributed by atoms with Gasteiger partial charge in [-0.1, -0.05) is 6.92 Å². The van der Waals surface area contributed by atoms with Gasteiger partial charge in [0.25, 0.3) is 0 Å². The van der Waals surface area contributed by atoms with E-state index in [1.807, 2.05) is 37.1 Å². The van der Waals surface area contributed by atoms with Crippen molar-refractivity contribution in [3.8, 4) is 0 Å². The highest BCUT2D eigenvalue weighted by atomic mass is 16.4. The third-order valence-corrected chi connectivity index (χ3v) is 3.26. The molecule has 1 aromatic carbocycles. The molecule has 2 rings (SSSR count). The first-order chi connectivity index (χ1) is 9.01. The van der Waals surface area contributed by atoms with Gasteiger partial charge >= 0.3 is 5.97 Å². The van der Waals surface area contributed by atoms with Gasteiger partial charge in [-0.2, -0.15) is 0 Å². The molecule has 0 saturated heterocycles. The van der Waals surface area contributed by atoms with Crippen LogP contribution in [0.5, 0.6) is 0 Å². The number of carboxylic acids is 1. The molecule has 2 aromatic rings. The second-order valence-corrected chi connectivity index (χ2v) is 4.71. The lowest BCUT2D eigenvalue weighted by molar-refractivity contribution is -0.141. The van der Waals surface area contributed by atoms with Crippen LogP contribution in [-0.4, -0.2) is 29.7 Å². The maximum atomic E-state index is 11.1. The average Bonchev–Trinajstić information content (AvgIpc) is 2.74. The van der Waals surface area contributed by atoms with Gasteiger partial charge in [-0.25, -0.2) is 4.98 Å². The van der Waals surface area contributed by atoms with Gasteiger partial charge in [-0.15, -0.1) is 0 Å². The first-order valence-electron chi connectivity index (χ1n) is 6.32. The number of aromatic nitrogens is 1. The molecule has 0 fully saturated rings. The Morgan fingerprint density at radius 3 is 2.89 bits per heavy atom. The molecule has 0 spiro atoms. The van der Waals surface area contributed by atoms with Crippen molar-refractivity contribution < 1.29 is 14.3 Å². The molecular formula is C14H18N2O3. The largest absolute Gasteiger partial charge is 0.481 e. The smallest absolute Gasteiger partial charge is 0.308 e. The SMILES string of the molecule is CCC(CN(C)c1ccc2nc(C)oc2c1)C(=O)O. The second-order valence-electron chi connectivity index (χ2n) is 4.71. The quantitative estimate of drug-likeness (QED) is 0.897. The zero-order valence-electron chi connectivity index (χ0n) is 11.4. The van der Waals surface area contributed by atoms with Gasteiger partial charge in [-0.3, -0.25) is 4.79 Å². The number of carboxylic acid groups (broad SMARTS) is 1. The lowest BCUT2D eigenvalue weighted by Gasteiger charge is -2.22. The van der Waals surface area contributed by atoms with Gasteiger partial charge in [0.15, 0.2) is 11.5 Å². The summed E-state index contributed by atoms with van der Waals surface area (Å²) < 4.78 is 5.48. The highest BCUT2D eigenvalue weighted by Crippen LogP contribution is 2.23. The molecule has 0 aliphatic heterocycles. The Bertz CT molecular complexity index is 591. The molecule has 0 aliphatic rings. The monoisotopic (exact) mass is 262 g/mol. The number of anilines is 1. The lowest BCUT2D eigenvalue weighted by Crippen LogP contribution is -2.29. The summed E-state index contributed by atoms with van der Waals surface area (Å²) in [7, 11) is 1.88. The summed E-state index contributed by atoms with van der Waals surface area (Å²) in [5, 5.41) is 9.09. The molecule has 1 atom stereocenters. The van der Waals surface area contributed by atoms with E-state index in [0.29, 0.717) is 18.9 Å². The first-order valence-corrected chi connectivity index (χ1v) is 6.32. The van der Waals surface area contributed by atoms with Gasteiger partial charge in [-0.05, 0) is 18.6 Å². The Morgan fingerprint density at radius 1 is 1.53 bits per heavy atom. The van der Waals surface area contributed by atoms with Gasteiger partial charge < -0.3 is 14.4 Å². The third-order valence-electron chi connectivity index (χ3n) is 3.26. The topological polar surface area (TPSA) is 66.6 Å². The third kappa shape index (κ3) is 2.86. The second kappa shape index (κ2) is 5.30. The minimum absolute atomic E-state index is 0.364. The van der Waals surface area contributed by atoms with E-state index in [0.717, 1.165) is 16.8 Å². The molecule has 1 N–H and O–H groups in total. The highest BCUT2D eigenvalue weighted by molar-refractivity contribution is 5.78. The van der Waals surface area contributed by atoms with Crippen LogP contribution in [-0.2, 0) is 4.79 Å². The van der Waals surface area contributed by atoms with Crippen LogP contribution in [0.15, 0.2) is 22.6 Å². The Hall–Kier alpha value is -2.04. The van der Waals surface area contributed by atoms with Gasteiger partial charge in [0.2, 0.25) is 0 Å². The molecule has 0 saturated carbocycles. The zero-order chi connectivity index (χ0) is 14.0. The van der Waals surface area contributed by atoms with Gasteiger partial charge in [0, 0.05) is 32.3 Å². The van der Waals surface area contributed by atoms with Crippen LogP contribution >= 0.6 is 0 Å². The summed E-state index contributed by atoms with van der Waals surface area (Å²) in [6, 6.07) is 5.71. The molecule has 5 heteroatoms. The fourth-order valence-electron chi connectivity index (χ4n) is 2.08. The van der Waals surface area contributed by atoms with E-state index in [1.54, 1.807) is 6.92 Å². The molecule has 0 aliphatic carbocycles. The predicted molar refractivity (Wildman–Crippen MR) is 73.4 cm³/mol. The molecule has 1 aromatic heterocycles. The van der Waals surface area contributed by atoms with E-state index in [9.17, 15) is 4.79 Å². The van der Waals surface area contributed by atoms with Crippen molar-refractivity contribution in [1.29, 1.82) is 0 Å². The van der Waals surface area contributed by atoms with Crippen LogP contribution in [0.3, 0.4) is 0 Å². The van der Waals surface area contributed by atoms with Crippen LogP contribution in [0.25, 0.3) is 11.1 Å². The van der Waals surface area contributed by atoms with Crippen molar-refractivity contribution in [2.45, 2.75) is 20.3 Å². The Kier molecular flexibility index (Phi) is 3.74. The number of fused-ring (bicyclic) bond motifs is 1. The summed E-state index contributed by atoms with van der Waals surface area (Å²) in [6.07, 6.45) is 0.614. The standard InChI is InChI=1S/C14H18N2O3/c1-4-10(14(17)18)8-16(3)11-5-6-12-13(7-11)19-9(2)15-12/h5-7,10H,4,8H2,1-3H3,(H,17,18). The van der Waals surface area contributed by atoms with Crippen molar-refractivity contribution in [2.24, 2.45) is 5.92 Å². The van der Waals surface area contributed by atoms with Crippen LogP contribution < -0.4 is 4.90 Å². The van der Waals surface area contributed by atoms with Crippen molar-refractivity contribution in [2.75, 3.05) is 18.5 Å². The van der Waals surface area contributed by atoms with Crippen molar-refractivity contribution in [1.82, 2.24) is 4.98 Å². The molecule has 5 nitrogen and oxygen atoms in total. The number of oxazole rings is 1. The molecule has 19 heavy (non-hydrogen) atoms. The Morgan fingerprint density at radius 2 is 2.26 bits per heavy atom. The number of benzene rings is 1. The molecule has 0 bridgehead atoms. The minimum Gasteiger partial charge on any atom is -0.481 e. The summed E-state index contributed by atoms with van der Waals surface area (Å²) in [5.74, 6) is -0.491. The van der Waals surface area contributed by atoms with Crippen LogP contribution in [0.4, 0.5) is 5.69 Å². The molecule has 102 valence electrons.